The Kier molecular flexibility index (Phi) is 5.76. The molecule has 7 nitrogen and oxygen atoms in total. The number of fused-ring (bicyclic) bond motifs is 1. The topological polar surface area (TPSA) is 70.6 Å². The van der Waals surface area contributed by atoms with Gasteiger partial charge in [0.05, 0.1) is 12.6 Å². The van der Waals surface area contributed by atoms with Crippen LogP contribution in [0.15, 0.2) is 78.9 Å². The number of piperazine rings is 1. The van der Waals surface area contributed by atoms with Gasteiger partial charge in [-0.3, -0.25) is 0 Å². The molecule has 0 bridgehead atoms. The van der Waals surface area contributed by atoms with Crippen molar-refractivity contribution in [3.05, 3.63) is 78.9 Å². The monoisotopic (exact) mass is 439 g/mol. The van der Waals surface area contributed by atoms with Crippen molar-refractivity contribution in [1.82, 2.24) is 14.9 Å². The number of benzene rings is 3. The minimum Gasteiger partial charge on any atom is -0.497 e. The van der Waals surface area contributed by atoms with Crippen molar-refractivity contribution in [2.75, 3.05) is 43.5 Å². The first-order valence-corrected chi connectivity index (χ1v) is 11.0. The van der Waals surface area contributed by atoms with E-state index in [0.29, 0.717) is 32.0 Å². The van der Waals surface area contributed by atoms with Gasteiger partial charge in [-0.15, -0.1) is 0 Å². The van der Waals surface area contributed by atoms with Gasteiger partial charge in [-0.25, -0.2) is 14.8 Å². The number of anilines is 2. The molecular weight excluding hydrogens is 414 g/mol. The molecule has 166 valence electrons. The van der Waals surface area contributed by atoms with Crippen molar-refractivity contribution in [1.29, 1.82) is 0 Å². The summed E-state index contributed by atoms with van der Waals surface area (Å²) in [6, 6.07) is 25.3. The summed E-state index contributed by atoms with van der Waals surface area (Å²) >= 11 is 0. The Hall–Kier alpha value is -4.13. The van der Waals surface area contributed by atoms with Crippen LogP contribution < -0.4 is 15.0 Å². The van der Waals surface area contributed by atoms with Gasteiger partial charge in [-0.1, -0.05) is 42.5 Å². The zero-order valence-corrected chi connectivity index (χ0v) is 18.4. The molecule has 7 heteroatoms. The molecule has 0 radical (unpaired) electrons. The summed E-state index contributed by atoms with van der Waals surface area (Å²) in [4.78, 5) is 26.5. The van der Waals surface area contributed by atoms with E-state index in [-0.39, 0.29) is 6.03 Å². The van der Waals surface area contributed by atoms with E-state index < -0.39 is 0 Å². The van der Waals surface area contributed by atoms with E-state index in [9.17, 15) is 4.79 Å². The summed E-state index contributed by atoms with van der Waals surface area (Å²) < 4.78 is 5.17. The molecule has 1 aliphatic heterocycles. The molecule has 5 rings (SSSR count). The van der Waals surface area contributed by atoms with E-state index in [0.717, 1.165) is 33.7 Å². The highest BCUT2D eigenvalue weighted by Crippen LogP contribution is 2.28. The molecule has 0 aliphatic carbocycles. The number of aromatic nitrogens is 2. The standard InChI is InChI=1S/C26H25N5O2/c1-33-21-13-11-20(12-14-21)27-26(32)31-17-15-30(16-18-31)25-22-9-5-6-10-23(22)28-24(29-25)19-7-3-2-4-8-19/h2-14H,15-18H2,1H3,(H,27,32). The van der Waals surface area contributed by atoms with Gasteiger partial charge in [0.15, 0.2) is 5.82 Å². The quantitative estimate of drug-likeness (QED) is 0.501. The number of rotatable bonds is 4. The molecule has 2 heterocycles. The summed E-state index contributed by atoms with van der Waals surface area (Å²) in [5.74, 6) is 2.38. The number of nitrogens with one attached hydrogen (secondary N) is 1. The molecule has 4 aromatic rings. The fourth-order valence-corrected chi connectivity index (χ4v) is 4.02. The van der Waals surface area contributed by atoms with E-state index in [4.69, 9.17) is 14.7 Å². The largest absolute Gasteiger partial charge is 0.497 e. The van der Waals surface area contributed by atoms with Crippen LogP contribution in [-0.4, -0.2) is 54.2 Å². The fourth-order valence-electron chi connectivity index (χ4n) is 4.02. The molecular formula is C26H25N5O2. The fraction of sp³-hybridized carbons (Fsp3) is 0.192. The Labute approximate surface area is 192 Å². The first kappa shape index (κ1) is 20.8. The third-order valence-electron chi connectivity index (χ3n) is 5.82. The van der Waals surface area contributed by atoms with Crippen LogP contribution in [-0.2, 0) is 0 Å². The van der Waals surface area contributed by atoms with Gasteiger partial charge in [-0.2, -0.15) is 0 Å². The molecule has 0 spiro atoms. The first-order valence-electron chi connectivity index (χ1n) is 11.0. The SMILES string of the molecule is COc1ccc(NC(=O)N2CCN(c3nc(-c4ccccc4)nc4ccccc34)CC2)cc1. The number of carbonyl (C=O) groups is 1. The third-order valence-corrected chi connectivity index (χ3v) is 5.82. The van der Waals surface area contributed by atoms with Gasteiger partial charge in [0.1, 0.15) is 11.6 Å². The minimum atomic E-state index is -0.0997. The molecule has 1 N–H and O–H groups in total. The van der Waals surface area contributed by atoms with Gasteiger partial charge in [0.2, 0.25) is 0 Å². The normalized spacial score (nSPS) is 13.7. The zero-order valence-electron chi connectivity index (χ0n) is 18.4. The Morgan fingerprint density at radius 2 is 1.55 bits per heavy atom. The highest BCUT2D eigenvalue weighted by Gasteiger charge is 2.24. The van der Waals surface area contributed by atoms with Crippen molar-refractivity contribution in [3.63, 3.8) is 0 Å². The number of ether oxygens (including phenoxy) is 1. The van der Waals surface area contributed by atoms with Crippen LogP contribution in [0.1, 0.15) is 0 Å². The lowest BCUT2D eigenvalue weighted by atomic mass is 10.1. The number of para-hydroxylation sites is 1. The highest BCUT2D eigenvalue weighted by atomic mass is 16.5. The number of urea groups is 1. The molecule has 3 aromatic carbocycles. The van der Waals surface area contributed by atoms with Gasteiger partial charge in [0, 0.05) is 42.8 Å². The van der Waals surface area contributed by atoms with Crippen molar-refractivity contribution in [2.24, 2.45) is 0 Å². The minimum absolute atomic E-state index is 0.0997. The van der Waals surface area contributed by atoms with E-state index >= 15 is 0 Å². The average molecular weight is 440 g/mol. The van der Waals surface area contributed by atoms with Gasteiger partial charge in [-0.05, 0) is 36.4 Å². The van der Waals surface area contributed by atoms with Gasteiger partial charge >= 0.3 is 6.03 Å². The second kappa shape index (κ2) is 9.16. The average Bonchev–Trinajstić information content (AvgIpc) is 2.89. The Morgan fingerprint density at radius 3 is 2.27 bits per heavy atom. The number of nitrogens with zero attached hydrogens (tertiary/aromatic N) is 4. The van der Waals surface area contributed by atoms with Crippen molar-refractivity contribution < 1.29 is 9.53 Å². The maximum absolute atomic E-state index is 12.8. The van der Waals surface area contributed by atoms with Crippen LogP contribution in [0, 0.1) is 0 Å². The van der Waals surface area contributed by atoms with Gasteiger partial charge in [0.25, 0.3) is 0 Å². The maximum Gasteiger partial charge on any atom is 0.321 e. The highest BCUT2D eigenvalue weighted by molar-refractivity contribution is 5.92. The number of amides is 2. The number of methoxy groups -OCH3 is 1. The second-order valence-corrected chi connectivity index (χ2v) is 7.89. The van der Waals surface area contributed by atoms with Crippen molar-refractivity contribution in [2.45, 2.75) is 0 Å². The Bertz CT molecular complexity index is 1250. The molecule has 2 amide bonds. The summed E-state index contributed by atoms with van der Waals surface area (Å²) in [5.41, 5.74) is 2.65. The first-order chi connectivity index (χ1) is 16.2. The van der Waals surface area contributed by atoms with Gasteiger partial charge < -0.3 is 19.9 Å². The Morgan fingerprint density at radius 1 is 0.848 bits per heavy atom. The number of hydrogen-bond donors (Lipinski definition) is 1. The molecule has 1 fully saturated rings. The van der Waals surface area contributed by atoms with E-state index in [1.165, 1.54) is 0 Å². The third kappa shape index (κ3) is 4.43. The molecule has 0 saturated carbocycles. The van der Waals surface area contributed by atoms with Crippen LogP contribution >= 0.6 is 0 Å². The molecule has 1 aliphatic rings. The van der Waals surface area contributed by atoms with E-state index in [1.54, 1.807) is 7.11 Å². The lowest BCUT2D eigenvalue weighted by Crippen LogP contribution is -2.50. The molecule has 0 atom stereocenters. The van der Waals surface area contributed by atoms with E-state index in [1.807, 2.05) is 77.7 Å². The summed E-state index contributed by atoms with van der Waals surface area (Å²) in [7, 11) is 1.62. The zero-order chi connectivity index (χ0) is 22.6. The molecule has 0 unspecified atom stereocenters. The summed E-state index contributed by atoms with van der Waals surface area (Å²) in [6.45, 7) is 2.62. The molecule has 33 heavy (non-hydrogen) atoms. The lowest BCUT2D eigenvalue weighted by Gasteiger charge is -2.36. The van der Waals surface area contributed by atoms with Crippen LogP contribution in [0.2, 0.25) is 0 Å². The predicted octanol–water partition coefficient (Wildman–Crippen LogP) is 4.66. The smallest absolute Gasteiger partial charge is 0.321 e. The predicted molar refractivity (Wildman–Crippen MR) is 131 cm³/mol. The Balaban J connectivity index is 1.33. The number of hydrogen-bond acceptors (Lipinski definition) is 5. The summed E-state index contributed by atoms with van der Waals surface area (Å²) in [6.07, 6.45) is 0. The maximum atomic E-state index is 12.8. The van der Waals surface area contributed by atoms with Crippen LogP contribution in [0.25, 0.3) is 22.3 Å². The van der Waals surface area contributed by atoms with E-state index in [2.05, 4.69) is 16.3 Å². The van der Waals surface area contributed by atoms with Crippen LogP contribution in [0.5, 0.6) is 5.75 Å². The van der Waals surface area contributed by atoms with Crippen molar-refractivity contribution >= 4 is 28.4 Å². The lowest BCUT2D eigenvalue weighted by molar-refractivity contribution is 0.208. The molecule has 1 saturated heterocycles. The summed E-state index contributed by atoms with van der Waals surface area (Å²) in [5, 5.41) is 3.99. The van der Waals surface area contributed by atoms with Crippen LogP contribution in [0.3, 0.4) is 0 Å². The van der Waals surface area contributed by atoms with Crippen molar-refractivity contribution in [3.8, 4) is 17.1 Å². The number of carbonyl (C=O) groups excluding carboxylic acids is 1. The van der Waals surface area contributed by atoms with Crippen LogP contribution in [0.4, 0.5) is 16.3 Å². The molecule has 1 aromatic heterocycles. The second-order valence-electron chi connectivity index (χ2n) is 7.89.